The third-order valence-corrected chi connectivity index (χ3v) is 4.01. The van der Waals surface area contributed by atoms with Crippen LogP contribution < -0.4 is 5.73 Å². The fourth-order valence-electron chi connectivity index (χ4n) is 0.826. The molecule has 0 saturated carbocycles. The Bertz CT molecular complexity index is 131. The average Bonchev–Trinajstić information content (AvgIpc) is 2.17. The normalized spacial score (nSPS) is 14.4. The number of nitrogens with two attached hydrogens (primary N) is 1. The van der Waals surface area contributed by atoms with Crippen molar-refractivity contribution in [1.82, 2.24) is 0 Å². The van der Waals surface area contributed by atoms with E-state index in [-0.39, 0.29) is 0 Å². The van der Waals surface area contributed by atoms with Crippen molar-refractivity contribution >= 4 is 8.80 Å². The highest BCUT2D eigenvalue weighted by Crippen LogP contribution is 2.16. The molecule has 0 aliphatic rings. The molecule has 0 bridgehead atoms. The minimum atomic E-state index is -3.29. The Morgan fingerprint density at radius 2 is 1.36 bits per heavy atom. The summed E-state index contributed by atoms with van der Waals surface area (Å²) in [5.74, 6) is 0. The van der Waals surface area contributed by atoms with Gasteiger partial charge in [0.25, 0.3) is 0 Å². The quantitative estimate of drug-likeness (QED) is 0.353. The Balaban J connectivity index is 4.53. The standard InChI is InChI=1S/C6H17NO6Si/c1-5-6(7)14(11-8-2,12-9-3)13-10-4/h6H,5,7H2,1-4H3. The molecule has 0 aromatic carbocycles. The second-order valence-corrected chi connectivity index (χ2v) is 4.82. The van der Waals surface area contributed by atoms with E-state index in [1.165, 1.54) is 21.3 Å². The van der Waals surface area contributed by atoms with E-state index >= 15 is 0 Å². The Morgan fingerprint density at radius 1 is 1.00 bits per heavy atom. The summed E-state index contributed by atoms with van der Waals surface area (Å²) < 4.78 is 14.6. The zero-order chi connectivity index (χ0) is 11.0. The maximum Gasteiger partial charge on any atom is 0.601 e. The van der Waals surface area contributed by atoms with Gasteiger partial charge in [-0.05, 0) is 6.42 Å². The fourth-order valence-corrected chi connectivity index (χ4v) is 2.48. The second kappa shape index (κ2) is 7.26. The van der Waals surface area contributed by atoms with Crippen molar-refractivity contribution in [2.24, 2.45) is 5.73 Å². The van der Waals surface area contributed by atoms with E-state index in [0.717, 1.165) is 0 Å². The highest BCUT2D eigenvalue weighted by Gasteiger charge is 2.52. The predicted molar refractivity (Wildman–Crippen MR) is 48.3 cm³/mol. The van der Waals surface area contributed by atoms with E-state index in [9.17, 15) is 0 Å². The Morgan fingerprint density at radius 3 is 1.57 bits per heavy atom. The Labute approximate surface area is 84.1 Å². The molecule has 0 amide bonds. The molecule has 86 valence electrons. The lowest BCUT2D eigenvalue weighted by molar-refractivity contribution is -0.346. The van der Waals surface area contributed by atoms with Crippen molar-refractivity contribution in [1.29, 1.82) is 0 Å². The fraction of sp³-hybridized carbons (Fsp3) is 1.00. The van der Waals surface area contributed by atoms with Gasteiger partial charge in [0, 0.05) is 0 Å². The summed E-state index contributed by atoms with van der Waals surface area (Å²) in [6, 6.07) is 0. The molecule has 8 heteroatoms. The highest BCUT2D eigenvalue weighted by atomic mass is 28.4. The lowest BCUT2D eigenvalue weighted by atomic mass is 10.5. The summed E-state index contributed by atoms with van der Waals surface area (Å²) in [5, 5.41) is 0. The summed E-state index contributed by atoms with van der Waals surface area (Å²) in [4.78, 5) is 13.5. The van der Waals surface area contributed by atoms with Gasteiger partial charge in [-0.3, -0.25) is 0 Å². The highest BCUT2D eigenvalue weighted by molar-refractivity contribution is 6.61. The van der Waals surface area contributed by atoms with Crippen LogP contribution >= 0.6 is 0 Å². The van der Waals surface area contributed by atoms with Gasteiger partial charge in [-0.15, -0.1) is 0 Å². The third-order valence-electron chi connectivity index (χ3n) is 1.49. The summed E-state index contributed by atoms with van der Waals surface area (Å²) >= 11 is 0. The van der Waals surface area contributed by atoms with Crippen molar-refractivity contribution in [2.75, 3.05) is 21.3 Å². The minimum absolute atomic E-state index is 0.498. The van der Waals surface area contributed by atoms with Crippen molar-refractivity contribution < 1.29 is 28.4 Å². The summed E-state index contributed by atoms with van der Waals surface area (Å²) in [5.41, 5.74) is 5.26. The molecule has 0 aromatic rings. The number of hydrogen-bond donors (Lipinski definition) is 1. The van der Waals surface area contributed by atoms with E-state index < -0.39 is 14.5 Å². The van der Waals surface area contributed by atoms with Crippen LogP contribution in [0.4, 0.5) is 0 Å². The summed E-state index contributed by atoms with van der Waals surface area (Å²) in [7, 11) is 0.677. The molecule has 0 heterocycles. The van der Waals surface area contributed by atoms with Gasteiger partial charge in [0.05, 0.1) is 27.0 Å². The smallest absolute Gasteiger partial charge is 0.324 e. The maximum absolute atomic E-state index is 5.76. The first kappa shape index (κ1) is 13.9. The van der Waals surface area contributed by atoms with Crippen LogP contribution in [0.25, 0.3) is 0 Å². The van der Waals surface area contributed by atoms with E-state index in [1.54, 1.807) is 0 Å². The molecule has 0 spiro atoms. The molecular weight excluding hydrogens is 210 g/mol. The van der Waals surface area contributed by atoms with Crippen LogP contribution in [-0.4, -0.2) is 35.8 Å². The molecule has 7 nitrogen and oxygen atoms in total. The topological polar surface area (TPSA) is 81.4 Å². The SMILES string of the molecule is CCC(N)[Si](OOC)(OOC)OOC. The molecular formula is C6H17NO6Si. The van der Waals surface area contributed by atoms with Gasteiger partial charge >= 0.3 is 8.80 Å². The zero-order valence-corrected chi connectivity index (χ0v) is 9.81. The van der Waals surface area contributed by atoms with E-state index in [0.29, 0.717) is 6.42 Å². The molecule has 0 aliphatic heterocycles. The van der Waals surface area contributed by atoms with Crippen LogP contribution in [0.15, 0.2) is 0 Å². The molecule has 0 rings (SSSR count). The molecule has 0 aromatic heterocycles. The van der Waals surface area contributed by atoms with Crippen molar-refractivity contribution in [3.63, 3.8) is 0 Å². The Hall–Kier alpha value is -0.0631. The summed E-state index contributed by atoms with van der Waals surface area (Å²) in [6.45, 7) is 1.85. The van der Waals surface area contributed by atoms with Gasteiger partial charge in [-0.25, -0.2) is 28.4 Å². The summed E-state index contributed by atoms with van der Waals surface area (Å²) in [6.07, 6.45) is 0.572. The third kappa shape index (κ3) is 3.59. The molecule has 0 fully saturated rings. The van der Waals surface area contributed by atoms with Gasteiger partial charge in [-0.1, -0.05) is 6.92 Å². The molecule has 14 heavy (non-hydrogen) atoms. The second-order valence-electron chi connectivity index (χ2n) is 2.37. The Kier molecular flexibility index (Phi) is 7.23. The van der Waals surface area contributed by atoms with Gasteiger partial charge in [0.15, 0.2) is 0 Å². The monoisotopic (exact) mass is 227 g/mol. The minimum Gasteiger partial charge on any atom is -0.324 e. The van der Waals surface area contributed by atoms with Crippen LogP contribution in [-0.2, 0) is 28.4 Å². The first-order valence-electron chi connectivity index (χ1n) is 4.07. The zero-order valence-electron chi connectivity index (χ0n) is 8.81. The number of hydrogen-bond acceptors (Lipinski definition) is 7. The van der Waals surface area contributed by atoms with Gasteiger partial charge in [0.2, 0.25) is 0 Å². The van der Waals surface area contributed by atoms with Crippen LogP contribution in [0, 0.1) is 0 Å². The molecule has 1 unspecified atom stereocenters. The van der Waals surface area contributed by atoms with Gasteiger partial charge in [-0.2, -0.15) is 0 Å². The van der Waals surface area contributed by atoms with E-state index in [1.807, 2.05) is 6.92 Å². The van der Waals surface area contributed by atoms with Crippen LogP contribution in [0.2, 0.25) is 0 Å². The molecule has 0 radical (unpaired) electrons. The van der Waals surface area contributed by atoms with Crippen LogP contribution in [0.3, 0.4) is 0 Å². The van der Waals surface area contributed by atoms with E-state index in [4.69, 9.17) is 19.5 Å². The average molecular weight is 227 g/mol. The lowest BCUT2D eigenvalue weighted by Crippen LogP contribution is -2.59. The maximum atomic E-state index is 5.76. The van der Waals surface area contributed by atoms with Crippen LogP contribution in [0.1, 0.15) is 13.3 Å². The molecule has 0 aliphatic carbocycles. The predicted octanol–water partition coefficient (Wildman–Crippen LogP) is -0.0642. The molecule has 1 atom stereocenters. The first-order chi connectivity index (χ1) is 6.66. The molecule has 2 N–H and O–H groups in total. The van der Waals surface area contributed by atoms with Crippen molar-refractivity contribution in [3.05, 3.63) is 0 Å². The van der Waals surface area contributed by atoms with Crippen LogP contribution in [0.5, 0.6) is 0 Å². The lowest BCUT2D eigenvalue weighted by Gasteiger charge is -2.27. The van der Waals surface area contributed by atoms with Gasteiger partial charge in [0.1, 0.15) is 0 Å². The molecule has 0 saturated heterocycles. The van der Waals surface area contributed by atoms with Crippen molar-refractivity contribution in [3.8, 4) is 0 Å². The number of rotatable bonds is 8. The van der Waals surface area contributed by atoms with Gasteiger partial charge < -0.3 is 5.73 Å². The van der Waals surface area contributed by atoms with Crippen molar-refractivity contribution in [2.45, 2.75) is 19.0 Å². The largest absolute Gasteiger partial charge is 0.601 e. The first-order valence-corrected chi connectivity index (χ1v) is 5.88. The van der Waals surface area contributed by atoms with E-state index in [2.05, 4.69) is 14.7 Å².